The Hall–Kier alpha value is -4.21. The van der Waals surface area contributed by atoms with Crippen molar-refractivity contribution in [3.05, 3.63) is 81.0 Å². The van der Waals surface area contributed by atoms with Crippen molar-refractivity contribution in [2.75, 3.05) is 0 Å². The number of H-pyrrole nitrogens is 1. The molecule has 0 fully saturated rings. The van der Waals surface area contributed by atoms with E-state index in [2.05, 4.69) is 15.6 Å². The number of aromatic nitrogens is 2. The number of nitrogens with one attached hydrogen (secondary N) is 3. The van der Waals surface area contributed by atoms with E-state index in [1.807, 2.05) is 0 Å². The molecule has 3 unspecified atom stereocenters. The molecule has 1 aromatic heterocycles. The van der Waals surface area contributed by atoms with Crippen molar-refractivity contribution in [2.45, 2.75) is 38.4 Å². The molecule has 0 spiro atoms. The molecule has 3 aromatic rings. The third-order valence-electron chi connectivity index (χ3n) is 5.20. The maximum absolute atomic E-state index is 13.2. The number of fused-ring (bicyclic) bond motifs is 1. The maximum Gasteiger partial charge on any atom is 0.329 e. The highest BCUT2D eigenvalue weighted by Gasteiger charge is 2.28. The molecule has 0 aliphatic rings. The molecular formula is C23H24N4O6. The van der Waals surface area contributed by atoms with Crippen molar-refractivity contribution < 1.29 is 19.5 Å². The van der Waals surface area contributed by atoms with Crippen LogP contribution in [-0.4, -0.2) is 44.5 Å². The van der Waals surface area contributed by atoms with Gasteiger partial charge in [-0.25, -0.2) is 9.36 Å². The first kappa shape index (κ1) is 23.5. The lowest BCUT2D eigenvalue weighted by Crippen LogP contribution is -2.52. The van der Waals surface area contributed by atoms with Crippen LogP contribution in [0.3, 0.4) is 0 Å². The number of carbonyl (C=O) groups excluding carboxylic acids is 2. The Kier molecular flexibility index (Phi) is 7.07. The van der Waals surface area contributed by atoms with Gasteiger partial charge in [0.25, 0.3) is 5.56 Å². The van der Waals surface area contributed by atoms with Gasteiger partial charge in [0.15, 0.2) is 0 Å². The van der Waals surface area contributed by atoms with Crippen molar-refractivity contribution in [2.24, 2.45) is 0 Å². The molecule has 0 bridgehead atoms. The van der Waals surface area contributed by atoms with Crippen LogP contribution < -0.4 is 21.9 Å². The SMILES string of the molecule is CC(NC(=O)C(C)NC(=O)C(Cc1ccccc1)n1c(=O)[nH]c2ccccc2c1=O)C(=O)O. The van der Waals surface area contributed by atoms with E-state index in [1.54, 1.807) is 54.6 Å². The number of benzene rings is 2. The monoisotopic (exact) mass is 452 g/mol. The number of hydrogen-bond acceptors (Lipinski definition) is 5. The quantitative estimate of drug-likeness (QED) is 0.392. The minimum atomic E-state index is -1.25. The fraction of sp³-hybridized carbons (Fsp3) is 0.261. The molecule has 0 saturated carbocycles. The Bertz CT molecular complexity index is 1300. The standard InChI is InChI=1S/C23H24N4O6/c1-13(19(28)25-14(2)22(31)32)24-20(29)18(12-15-8-4-3-5-9-15)27-21(30)16-10-6-7-11-17(16)26-23(27)33/h3-11,13-14,18H,12H2,1-2H3,(H,24,29)(H,25,28)(H,26,33)(H,31,32). The Morgan fingerprint density at radius 1 is 0.909 bits per heavy atom. The number of rotatable bonds is 8. The van der Waals surface area contributed by atoms with Gasteiger partial charge in [0.1, 0.15) is 18.1 Å². The van der Waals surface area contributed by atoms with Gasteiger partial charge in [0.05, 0.1) is 10.9 Å². The average molecular weight is 452 g/mol. The molecule has 10 nitrogen and oxygen atoms in total. The second-order valence-corrected chi connectivity index (χ2v) is 7.66. The maximum atomic E-state index is 13.2. The highest BCUT2D eigenvalue weighted by molar-refractivity contribution is 5.91. The van der Waals surface area contributed by atoms with Crippen molar-refractivity contribution in [3.8, 4) is 0 Å². The molecule has 0 aliphatic carbocycles. The summed E-state index contributed by atoms with van der Waals surface area (Å²) < 4.78 is 0.842. The van der Waals surface area contributed by atoms with Gasteiger partial charge in [-0.2, -0.15) is 0 Å². The fourth-order valence-electron chi connectivity index (χ4n) is 3.37. The summed E-state index contributed by atoms with van der Waals surface area (Å²) in [6.07, 6.45) is 0.0217. The third kappa shape index (κ3) is 5.35. The van der Waals surface area contributed by atoms with Crippen LogP contribution in [0.1, 0.15) is 25.5 Å². The van der Waals surface area contributed by atoms with Crippen molar-refractivity contribution in [1.82, 2.24) is 20.2 Å². The summed E-state index contributed by atoms with van der Waals surface area (Å²) in [5.41, 5.74) is -0.347. The number of carbonyl (C=O) groups is 3. The lowest BCUT2D eigenvalue weighted by Gasteiger charge is -2.22. The van der Waals surface area contributed by atoms with Crippen LogP contribution in [0.15, 0.2) is 64.2 Å². The predicted octanol–water partition coefficient (Wildman–Crippen LogP) is 0.568. The summed E-state index contributed by atoms with van der Waals surface area (Å²) in [5.74, 6) is -2.66. The van der Waals surface area contributed by atoms with E-state index >= 15 is 0 Å². The Morgan fingerprint density at radius 2 is 1.52 bits per heavy atom. The van der Waals surface area contributed by atoms with Gasteiger partial charge >= 0.3 is 11.7 Å². The summed E-state index contributed by atoms with van der Waals surface area (Å²) in [5, 5.41) is 14.0. The van der Waals surface area contributed by atoms with Crippen LogP contribution in [0, 0.1) is 0 Å². The van der Waals surface area contributed by atoms with Crippen LogP contribution >= 0.6 is 0 Å². The molecular weight excluding hydrogens is 428 g/mol. The fourth-order valence-corrected chi connectivity index (χ4v) is 3.37. The van der Waals surface area contributed by atoms with Crippen LogP contribution in [0.25, 0.3) is 10.9 Å². The van der Waals surface area contributed by atoms with Crippen LogP contribution in [0.2, 0.25) is 0 Å². The minimum absolute atomic E-state index is 0.0217. The predicted molar refractivity (Wildman–Crippen MR) is 121 cm³/mol. The number of hydrogen-bond donors (Lipinski definition) is 4. The van der Waals surface area contributed by atoms with E-state index in [-0.39, 0.29) is 11.8 Å². The van der Waals surface area contributed by atoms with Crippen molar-refractivity contribution in [1.29, 1.82) is 0 Å². The molecule has 2 aromatic carbocycles. The third-order valence-corrected chi connectivity index (χ3v) is 5.20. The van der Waals surface area contributed by atoms with Gasteiger partial charge in [-0.15, -0.1) is 0 Å². The highest BCUT2D eigenvalue weighted by atomic mass is 16.4. The molecule has 172 valence electrons. The van der Waals surface area contributed by atoms with Gasteiger partial charge < -0.3 is 20.7 Å². The number of aliphatic carboxylic acids is 1. The summed E-state index contributed by atoms with van der Waals surface area (Å²) in [6.45, 7) is 2.68. The Balaban J connectivity index is 1.97. The Morgan fingerprint density at radius 3 is 2.18 bits per heavy atom. The topological polar surface area (TPSA) is 150 Å². The van der Waals surface area contributed by atoms with E-state index in [9.17, 15) is 24.0 Å². The summed E-state index contributed by atoms with van der Waals surface area (Å²) in [7, 11) is 0. The van der Waals surface area contributed by atoms with Crippen LogP contribution in [-0.2, 0) is 20.8 Å². The van der Waals surface area contributed by atoms with Gasteiger partial charge in [-0.1, -0.05) is 42.5 Å². The zero-order chi connectivity index (χ0) is 24.1. The highest BCUT2D eigenvalue weighted by Crippen LogP contribution is 2.14. The number of amides is 2. The first-order valence-electron chi connectivity index (χ1n) is 10.3. The number of para-hydroxylation sites is 1. The first-order valence-corrected chi connectivity index (χ1v) is 10.3. The van der Waals surface area contributed by atoms with E-state index in [4.69, 9.17) is 5.11 Å². The lowest BCUT2D eigenvalue weighted by atomic mass is 10.0. The van der Waals surface area contributed by atoms with E-state index in [0.29, 0.717) is 11.1 Å². The molecule has 0 aliphatic heterocycles. The number of carboxylic acid groups (broad SMARTS) is 1. The largest absolute Gasteiger partial charge is 0.480 e. The zero-order valence-corrected chi connectivity index (χ0v) is 18.1. The van der Waals surface area contributed by atoms with Crippen LogP contribution in [0.4, 0.5) is 0 Å². The van der Waals surface area contributed by atoms with Crippen LogP contribution in [0.5, 0.6) is 0 Å². The second kappa shape index (κ2) is 9.94. The van der Waals surface area contributed by atoms with E-state index < -0.39 is 47.2 Å². The first-order chi connectivity index (χ1) is 15.7. The summed E-state index contributed by atoms with van der Waals surface area (Å²) >= 11 is 0. The van der Waals surface area contributed by atoms with Gasteiger partial charge in [0, 0.05) is 6.42 Å². The molecule has 1 heterocycles. The van der Waals surface area contributed by atoms with Gasteiger partial charge in [-0.3, -0.25) is 19.2 Å². The summed E-state index contributed by atoms with van der Waals surface area (Å²) in [4.78, 5) is 65.1. The minimum Gasteiger partial charge on any atom is -0.480 e. The molecule has 0 saturated heterocycles. The van der Waals surface area contributed by atoms with E-state index in [0.717, 1.165) is 4.57 Å². The molecule has 10 heteroatoms. The normalized spacial score (nSPS) is 13.6. The number of aromatic amines is 1. The van der Waals surface area contributed by atoms with Crippen molar-refractivity contribution in [3.63, 3.8) is 0 Å². The Labute approximate surface area is 188 Å². The molecule has 3 rings (SSSR count). The lowest BCUT2D eigenvalue weighted by molar-refractivity contribution is -0.141. The van der Waals surface area contributed by atoms with Crippen molar-refractivity contribution >= 4 is 28.7 Å². The number of carboxylic acids is 1. The molecule has 2 amide bonds. The second-order valence-electron chi connectivity index (χ2n) is 7.66. The molecule has 0 radical (unpaired) electrons. The van der Waals surface area contributed by atoms with Gasteiger partial charge in [0.2, 0.25) is 11.8 Å². The molecule has 3 atom stereocenters. The van der Waals surface area contributed by atoms with E-state index in [1.165, 1.54) is 13.8 Å². The smallest absolute Gasteiger partial charge is 0.329 e. The molecule has 33 heavy (non-hydrogen) atoms. The summed E-state index contributed by atoms with van der Waals surface area (Å²) in [6, 6.07) is 11.8. The molecule has 4 N–H and O–H groups in total. The zero-order valence-electron chi connectivity index (χ0n) is 18.1. The van der Waals surface area contributed by atoms with Gasteiger partial charge in [-0.05, 0) is 31.5 Å². The number of nitrogens with zero attached hydrogens (tertiary/aromatic N) is 1. The average Bonchev–Trinajstić information content (AvgIpc) is 2.78.